The van der Waals surface area contributed by atoms with Crippen molar-refractivity contribution in [2.24, 2.45) is 0 Å². The number of rotatable bonds is 9. The maximum atomic E-state index is 6.65. The standard InChI is InChI=1S/C90H63BN2O/c1-90(2,3)65-56-80-87-81(57-65)93(89-69(60-32-13-6-14-33-60)46-26-47-70(89)61-34-15-7-16-35-61)79-55-64(85-73-40-21-19-38-71(73)84(62-36-17-8-18-37-62)72-39-20-22-41-74(72)85)51-53-77(79)91(87)76-52-50-63(66-43-27-49-83-86(66)75-42-23-24-48-82(75)94-83)54-78(76)92(80)88-67(58-28-9-4-10-29-58)44-25-45-68(88)59-30-11-5-12-31-59/h4-57H,1-3H3. The highest BCUT2D eigenvalue weighted by atomic mass is 16.3. The Morgan fingerprint density at radius 3 is 1.07 bits per heavy atom. The van der Waals surface area contributed by atoms with E-state index in [0.29, 0.717) is 0 Å². The van der Waals surface area contributed by atoms with Crippen LogP contribution in [0.4, 0.5) is 34.1 Å². The lowest BCUT2D eigenvalue weighted by atomic mass is 9.33. The lowest BCUT2D eigenvalue weighted by Gasteiger charge is -2.46. The molecule has 3 nitrogen and oxygen atoms in total. The van der Waals surface area contributed by atoms with Gasteiger partial charge >= 0.3 is 0 Å². The van der Waals surface area contributed by atoms with Crippen molar-refractivity contribution in [3.63, 3.8) is 0 Å². The third-order valence-corrected chi connectivity index (χ3v) is 19.8. The second-order valence-electron chi connectivity index (χ2n) is 26.2. The molecule has 442 valence electrons. The molecule has 94 heavy (non-hydrogen) atoms. The SMILES string of the molecule is CC(C)(C)c1cc2c3c(c1)N(c1c(-c4ccccc4)cccc1-c1ccccc1)c1cc(-c4cccc5oc6ccccc6c45)ccc1B3c1ccc(-c3c4ccccc4c(-c4ccccc4)c4ccccc34)cc1N2c1c(-c2ccccc2)cccc1-c1ccccc1. The van der Waals surface area contributed by atoms with Gasteiger partial charge in [0.15, 0.2) is 0 Å². The van der Waals surface area contributed by atoms with Crippen LogP contribution in [0.3, 0.4) is 0 Å². The molecule has 0 amide bonds. The molecule has 18 rings (SSSR count). The van der Waals surface area contributed by atoms with Gasteiger partial charge in [-0.05, 0) is 141 Å². The van der Waals surface area contributed by atoms with Gasteiger partial charge in [-0.25, -0.2) is 0 Å². The van der Waals surface area contributed by atoms with Crippen molar-refractivity contribution in [1.82, 2.24) is 0 Å². The molecule has 0 fully saturated rings. The van der Waals surface area contributed by atoms with E-state index in [-0.39, 0.29) is 12.1 Å². The summed E-state index contributed by atoms with van der Waals surface area (Å²) in [6.07, 6.45) is 0. The minimum atomic E-state index is -0.304. The molecular formula is C90H63BN2O. The molecular weight excluding hydrogens is 1140 g/mol. The van der Waals surface area contributed by atoms with Crippen LogP contribution in [-0.4, -0.2) is 6.71 Å². The zero-order chi connectivity index (χ0) is 62.6. The zero-order valence-electron chi connectivity index (χ0n) is 52.6. The number of benzene rings is 15. The minimum absolute atomic E-state index is 0.216. The molecule has 0 radical (unpaired) electrons. The van der Waals surface area contributed by atoms with E-state index in [9.17, 15) is 0 Å². The summed E-state index contributed by atoms with van der Waals surface area (Å²) < 4.78 is 6.65. The summed E-state index contributed by atoms with van der Waals surface area (Å²) in [5, 5.41) is 7.10. The first-order chi connectivity index (χ1) is 46.3. The van der Waals surface area contributed by atoms with E-state index in [1.54, 1.807) is 0 Å². The van der Waals surface area contributed by atoms with Gasteiger partial charge in [-0.3, -0.25) is 0 Å². The second kappa shape index (κ2) is 22.0. The molecule has 0 saturated carbocycles. The molecule has 16 aromatic rings. The molecule has 2 aliphatic rings. The molecule has 1 aromatic heterocycles. The molecule has 2 aliphatic heterocycles. The fourth-order valence-corrected chi connectivity index (χ4v) is 15.6. The van der Waals surface area contributed by atoms with E-state index in [4.69, 9.17) is 4.42 Å². The van der Waals surface area contributed by atoms with Gasteiger partial charge in [-0.1, -0.05) is 312 Å². The lowest BCUT2D eigenvalue weighted by molar-refractivity contribution is 0.590. The van der Waals surface area contributed by atoms with Gasteiger partial charge in [-0.2, -0.15) is 0 Å². The first-order valence-electron chi connectivity index (χ1n) is 32.8. The van der Waals surface area contributed by atoms with Crippen LogP contribution in [0.25, 0.3) is 121 Å². The number of anilines is 6. The van der Waals surface area contributed by atoms with Crippen LogP contribution in [0.2, 0.25) is 0 Å². The van der Waals surface area contributed by atoms with E-state index in [0.717, 1.165) is 117 Å². The monoisotopic (exact) mass is 1200 g/mol. The number of furan rings is 1. The Morgan fingerprint density at radius 2 is 0.628 bits per heavy atom. The van der Waals surface area contributed by atoms with E-state index >= 15 is 0 Å². The fourth-order valence-electron chi connectivity index (χ4n) is 15.6. The number of hydrogen-bond donors (Lipinski definition) is 0. The van der Waals surface area contributed by atoms with Gasteiger partial charge in [0.25, 0.3) is 6.71 Å². The summed E-state index contributed by atoms with van der Waals surface area (Å²) in [7, 11) is 0. The largest absolute Gasteiger partial charge is 0.456 e. The van der Waals surface area contributed by atoms with E-state index in [1.165, 1.54) is 60.2 Å². The Morgan fingerprint density at radius 1 is 0.277 bits per heavy atom. The minimum Gasteiger partial charge on any atom is -0.456 e. The Hall–Kier alpha value is -11.7. The van der Waals surface area contributed by atoms with Crippen molar-refractivity contribution in [1.29, 1.82) is 0 Å². The van der Waals surface area contributed by atoms with Gasteiger partial charge in [-0.15, -0.1) is 0 Å². The average Bonchev–Trinajstić information content (AvgIpc) is 0.791. The molecule has 0 atom stereocenters. The Labute approximate surface area is 548 Å². The van der Waals surface area contributed by atoms with Crippen LogP contribution >= 0.6 is 0 Å². The van der Waals surface area contributed by atoms with Crippen LogP contribution in [0.15, 0.2) is 332 Å². The van der Waals surface area contributed by atoms with Gasteiger partial charge in [0.2, 0.25) is 0 Å². The molecule has 0 saturated heterocycles. The first kappa shape index (κ1) is 55.2. The van der Waals surface area contributed by atoms with Crippen molar-refractivity contribution < 1.29 is 4.42 Å². The van der Waals surface area contributed by atoms with Crippen LogP contribution < -0.4 is 26.2 Å². The molecule has 3 heterocycles. The molecule has 0 N–H and O–H groups in total. The normalized spacial score (nSPS) is 12.6. The summed E-state index contributed by atoms with van der Waals surface area (Å²) in [5.74, 6) is 0. The molecule has 0 spiro atoms. The van der Waals surface area contributed by atoms with Gasteiger partial charge in [0.05, 0.1) is 11.4 Å². The van der Waals surface area contributed by atoms with Crippen molar-refractivity contribution >= 4 is 101 Å². The highest BCUT2D eigenvalue weighted by molar-refractivity contribution is 7.00. The summed E-state index contributed by atoms with van der Waals surface area (Å²) in [6.45, 7) is 6.92. The molecule has 15 aromatic carbocycles. The predicted octanol–water partition coefficient (Wildman–Crippen LogP) is 22.9. The van der Waals surface area contributed by atoms with Crippen molar-refractivity contribution in [3.8, 4) is 77.9 Å². The molecule has 0 unspecified atom stereocenters. The van der Waals surface area contributed by atoms with Crippen LogP contribution in [0.1, 0.15) is 26.3 Å². The number of para-hydroxylation sites is 3. The zero-order valence-corrected chi connectivity index (χ0v) is 52.6. The molecule has 0 aliphatic carbocycles. The number of fused-ring (bicyclic) bond motifs is 9. The summed E-state index contributed by atoms with van der Waals surface area (Å²) in [5.41, 5.74) is 29.4. The van der Waals surface area contributed by atoms with E-state index < -0.39 is 0 Å². The topological polar surface area (TPSA) is 19.6 Å². The van der Waals surface area contributed by atoms with E-state index in [1.807, 2.05) is 0 Å². The fraction of sp³-hybridized carbons (Fsp3) is 0.0444. The number of hydrogen-bond acceptors (Lipinski definition) is 3. The summed E-state index contributed by atoms with van der Waals surface area (Å²) >= 11 is 0. The van der Waals surface area contributed by atoms with Crippen molar-refractivity contribution in [3.05, 3.63) is 333 Å². The average molecular weight is 1200 g/mol. The maximum Gasteiger partial charge on any atom is 0.252 e. The highest BCUT2D eigenvalue weighted by Crippen LogP contribution is 2.55. The second-order valence-corrected chi connectivity index (χ2v) is 26.2. The van der Waals surface area contributed by atoms with Crippen LogP contribution in [-0.2, 0) is 5.41 Å². The van der Waals surface area contributed by atoms with E-state index in [2.05, 4.69) is 358 Å². The van der Waals surface area contributed by atoms with Crippen LogP contribution in [0.5, 0.6) is 0 Å². The first-order valence-corrected chi connectivity index (χ1v) is 32.8. The number of nitrogens with zero attached hydrogens (tertiary/aromatic N) is 2. The molecule has 0 bridgehead atoms. The van der Waals surface area contributed by atoms with Gasteiger partial charge < -0.3 is 14.2 Å². The smallest absolute Gasteiger partial charge is 0.252 e. The van der Waals surface area contributed by atoms with Crippen molar-refractivity contribution in [2.45, 2.75) is 26.2 Å². The third kappa shape index (κ3) is 8.81. The van der Waals surface area contributed by atoms with Crippen LogP contribution in [0, 0.1) is 0 Å². The lowest BCUT2D eigenvalue weighted by Crippen LogP contribution is -2.61. The maximum absolute atomic E-state index is 6.65. The quantitative estimate of drug-likeness (QED) is 0.106. The Balaban J connectivity index is 1.01. The van der Waals surface area contributed by atoms with Gasteiger partial charge in [0, 0.05) is 55.8 Å². The van der Waals surface area contributed by atoms with Crippen molar-refractivity contribution in [2.75, 3.05) is 9.80 Å². The Kier molecular flexibility index (Phi) is 12.9. The summed E-state index contributed by atoms with van der Waals surface area (Å²) in [4.78, 5) is 5.37. The Bertz CT molecular complexity index is 5480. The highest BCUT2D eigenvalue weighted by Gasteiger charge is 2.46. The summed E-state index contributed by atoms with van der Waals surface area (Å²) in [6, 6.07) is 122. The van der Waals surface area contributed by atoms with Gasteiger partial charge in [0.1, 0.15) is 11.2 Å². The molecule has 4 heteroatoms. The third-order valence-electron chi connectivity index (χ3n) is 19.8. The predicted molar refractivity (Wildman–Crippen MR) is 400 cm³/mol.